The van der Waals surface area contributed by atoms with E-state index in [2.05, 4.69) is 24.2 Å². The minimum atomic E-state index is 0.541. The van der Waals surface area contributed by atoms with Crippen molar-refractivity contribution in [3.63, 3.8) is 0 Å². The van der Waals surface area contributed by atoms with Gasteiger partial charge in [0.15, 0.2) is 0 Å². The average Bonchev–Trinajstić information content (AvgIpc) is 2.78. The highest BCUT2D eigenvalue weighted by atomic mass is 16.5. The van der Waals surface area contributed by atoms with Crippen LogP contribution in [0.1, 0.15) is 18.9 Å². The van der Waals surface area contributed by atoms with Crippen LogP contribution in [0.25, 0.3) is 0 Å². The minimum absolute atomic E-state index is 0.541. The number of anilines is 1. The summed E-state index contributed by atoms with van der Waals surface area (Å²) in [7, 11) is 0. The summed E-state index contributed by atoms with van der Waals surface area (Å²) < 4.78 is 7.43. The summed E-state index contributed by atoms with van der Waals surface area (Å²) >= 11 is 0. The summed E-state index contributed by atoms with van der Waals surface area (Å²) in [5, 5.41) is 4.09. The first kappa shape index (κ1) is 12.5. The van der Waals surface area contributed by atoms with Gasteiger partial charge in [0.05, 0.1) is 6.54 Å². The Kier molecular flexibility index (Phi) is 4.23. The molecule has 0 saturated carbocycles. The highest BCUT2D eigenvalue weighted by molar-refractivity contribution is 5.27. The molecule has 2 aromatic rings. The number of hydrogen-bond donors (Lipinski definition) is 1. The molecular formula is C14H19N3O. The van der Waals surface area contributed by atoms with Crippen molar-refractivity contribution in [3.05, 3.63) is 42.1 Å². The molecule has 96 valence electrons. The van der Waals surface area contributed by atoms with Crippen LogP contribution in [0.2, 0.25) is 0 Å². The van der Waals surface area contributed by atoms with Crippen LogP contribution in [0, 0.1) is 0 Å². The second-order valence-electron chi connectivity index (χ2n) is 4.25. The van der Waals surface area contributed by atoms with Crippen molar-refractivity contribution < 1.29 is 4.74 Å². The molecular weight excluding hydrogens is 226 g/mol. The summed E-state index contributed by atoms with van der Waals surface area (Å²) in [5.74, 6) is 1.44. The van der Waals surface area contributed by atoms with Gasteiger partial charge in [0.25, 0.3) is 0 Å². The molecule has 0 fully saturated rings. The van der Waals surface area contributed by atoms with Crippen LogP contribution >= 0.6 is 0 Å². The third-order valence-corrected chi connectivity index (χ3v) is 2.71. The number of nitrogens with two attached hydrogens (primary N) is 1. The van der Waals surface area contributed by atoms with Crippen LogP contribution in [-0.4, -0.2) is 16.4 Å². The van der Waals surface area contributed by atoms with Crippen LogP contribution in [-0.2, 0) is 13.0 Å². The van der Waals surface area contributed by atoms with Crippen LogP contribution in [0.4, 0.5) is 5.82 Å². The molecule has 4 nitrogen and oxygen atoms in total. The van der Waals surface area contributed by atoms with Crippen molar-refractivity contribution in [2.75, 3.05) is 12.3 Å². The van der Waals surface area contributed by atoms with Gasteiger partial charge >= 0.3 is 0 Å². The van der Waals surface area contributed by atoms with Crippen LogP contribution in [0.15, 0.2) is 36.5 Å². The Labute approximate surface area is 107 Å². The van der Waals surface area contributed by atoms with E-state index in [-0.39, 0.29) is 0 Å². The summed E-state index contributed by atoms with van der Waals surface area (Å²) in [6.45, 7) is 3.47. The Morgan fingerprint density at radius 3 is 2.61 bits per heavy atom. The molecule has 0 atom stereocenters. The smallest absolute Gasteiger partial charge is 0.145 e. The van der Waals surface area contributed by atoms with E-state index in [0.717, 1.165) is 12.2 Å². The number of nitrogens with zero attached hydrogens (tertiary/aromatic N) is 2. The van der Waals surface area contributed by atoms with E-state index in [1.807, 2.05) is 18.3 Å². The zero-order valence-corrected chi connectivity index (χ0v) is 10.7. The summed E-state index contributed by atoms with van der Waals surface area (Å²) in [6, 6.07) is 10.0. The molecule has 1 aromatic heterocycles. The predicted octanol–water partition coefficient (Wildman–Crippen LogP) is 2.50. The Bertz CT molecular complexity index is 476. The number of aryl methyl sites for hydroxylation is 1. The maximum absolute atomic E-state index is 5.65. The molecule has 1 aromatic carbocycles. The molecule has 18 heavy (non-hydrogen) atoms. The molecule has 0 amide bonds. The third kappa shape index (κ3) is 3.52. The Morgan fingerprint density at radius 2 is 2.00 bits per heavy atom. The fourth-order valence-corrected chi connectivity index (χ4v) is 1.80. The van der Waals surface area contributed by atoms with E-state index in [9.17, 15) is 0 Å². The lowest BCUT2D eigenvalue weighted by atomic mass is 10.1. The third-order valence-electron chi connectivity index (χ3n) is 2.71. The summed E-state index contributed by atoms with van der Waals surface area (Å²) in [5.41, 5.74) is 6.89. The SMILES string of the molecule is CCCc1ccc(OCCn2ccc(N)n2)cc1. The molecule has 0 aliphatic rings. The molecule has 0 spiro atoms. The topological polar surface area (TPSA) is 53.1 Å². The summed E-state index contributed by atoms with van der Waals surface area (Å²) in [4.78, 5) is 0. The van der Waals surface area contributed by atoms with Crippen LogP contribution in [0.3, 0.4) is 0 Å². The fourth-order valence-electron chi connectivity index (χ4n) is 1.80. The van der Waals surface area contributed by atoms with Gasteiger partial charge in [0.1, 0.15) is 18.2 Å². The molecule has 0 aliphatic carbocycles. The molecule has 0 bridgehead atoms. The van der Waals surface area contributed by atoms with Crippen molar-refractivity contribution in [3.8, 4) is 5.75 Å². The zero-order chi connectivity index (χ0) is 12.8. The standard InChI is InChI=1S/C14H19N3O/c1-2-3-12-4-6-13(7-5-12)18-11-10-17-9-8-14(15)16-17/h4-9H,2-3,10-11H2,1H3,(H2,15,16). The Morgan fingerprint density at radius 1 is 1.22 bits per heavy atom. The van der Waals surface area contributed by atoms with Gasteiger partial charge in [-0.15, -0.1) is 0 Å². The maximum Gasteiger partial charge on any atom is 0.145 e. The first-order chi connectivity index (χ1) is 8.78. The summed E-state index contributed by atoms with van der Waals surface area (Å²) in [6.07, 6.45) is 4.14. The first-order valence-electron chi connectivity index (χ1n) is 6.28. The lowest BCUT2D eigenvalue weighted by Crippen LogP contribution is -2.08. The minimum Gasteiger partial charge on any atom is -0.492 e. The highest BCUT2D eigenvalue weighted by Crippen LogP contribution is 2.13. The largest absolute Gasteiger partial charge is 0.492 e. The number of aromatic nitrogens is 2. The van der Waals surface area contributed by atoms with Gasteiger partial charge in [-0.2, -0.15) is 5.10 Å². The number of hydrogen-bond acceptors (Lipinski definition) is 3. The number of benzene rings is 1. The van der Waals surface area contributed by atoms with E-state index < -0.39 is 0 Å². The van der Waals surface area contributed by atoms with Crippen molar-refractivity contribution in [2.45, 2.75) is 26.3 Å². The maximum atomic E-state index is 5.65. The normalized spacial score (nSPS) is 10.5. The van der Waals surface area contributed by atoms with Crippen molar-refractivity contribution in [1.82, 2.24) is 9.78 Å². The first-order valence-corrected chi connectivity index (χ1v) is 6.28. The monoisotopic (exact) mass is 245 g/mol. The molecule has 0 radical (unpaired) electrons. The number of rotatable bonds is 6. The van der Waals surface area contributed by atoms with Crippen molar-refractivity contribution in [1.29, 1.82) is 0 Å². The number of ether oxygens (including phenoxy) is 1. The number of nitrogen functional groups attached to an aromatic ring is 1. The lowest BCUT2D eigenvalue weighted by molar-refractivity contribution is 0.291. The van der Waals surface area contributed by atoms with E-state index in [1.165, 1.54) is 12.0 Å². The van der Waals surface area contributed by atoms with Gasteiger partial charge in [-0.1, -0.05) is 25.5 Å². The van der Waals surface area contributed by atoms with E-state index in [4.69, 9.17) is 10.5 Å². The molecule has 2 N–H and O–H groups in total. The van der Waals surface area contributed by atoms with E-state index in [1.54, 1.807) is 10.7 Å². The Balaban J connectivity index is 1.79. The van der Waals surface area contributed by atoms with Crippen molar-refractivity contribution in [2.24, 2.45) is 0 Å². The average molecular weight is 245 g/mol. The van der Waals surface area contributed by atoms with Gasteiger partial charge in [-0.3, -0.25) is 4.68 Å². The second-order valence-corrected chi connectivity index (χ2v) is 4.25. The molecule has 2 rings (SSSR count). The molecule has 1 heterocycles. The molecule has 0 unspecified atom stereocenters. The van der Waals surface area contributed by atoms with Gasteiger partial charge in [-0.25, -0.2) is 0 Å². The van der Waals surface area contributed by atoms with Crippen LogP contribution < -0.4 is 10.5 Å². The Hall–Kier alpha value is -1.97. The fraction of sp³-hybridized carbons (Fsp3) is 0.357. The zero-order valence-electron chi connectivity index (χ0n) is 10.7. The lowest BCUT2D eigenvalue weighted by Gasteiger charge is -2.07. The molecule has 0 saturated heterocycles. The van der Waals surface area contributed by atoms with Gasteiger partial charge in [0, 0.05) is 6.20 Å². The van der Waals surface area contributed by atoms with Crippen molar-refractivity contribution >= 4 is 5.82 Å². The molecule has 4 heteroatoms. The highest BCUT2D eigenvalue weighted by Gasteiger charge is 1.97. The molecule has 0 aliphatic heterocycles. The van der Waals surface area contributed by atoms with E-state index in [0.29, 0.717) is 19.0 Å². The second kappa shape index (κ2) is 6.10. The predicted molar refractivity (Wildman–Crippen MR) is 72.6 cm³/mol. The quantitative estimate of drug-likeness (QED) is 0.850. The van der Waals surface area contributed by atoms with E-state index >= 15 is 0 Å². The van der Waals surface area contributed by atoms with Gasteiger partial charge in [-0.05, 0) is 30.2 Å². The van der Waals surface area contributed by atoms with Gasteiger partial charge in [0.2, 0.25) is 0 Å². The van der Waals surface area contributed by atoms with Crippen LogP contribution in [0.5, 0.6) is 5.75 Å². The van der Waals surface area contributed by atoms with Gasteiger partial charge < -0.3 is 10.5 Å².